The van der Waals surface area contributed by atoms with Gasteiger partial charge in [0.05, 0.1) is 22.4 Å². The maximum Gasteiger partial charge on any atom is 0.185 e. The van der Waals surface area contributed by atoms with Gasteiger partial charge < -0.3 is 9.47 Å². The molecule has 1 saturated carbocycles. The maximum absolute atomic E-state index is 13.5. The Kier molecular flexibility index (Phi) is 5.35. The number of ether oxygens (including phenoxy) is 2. The molecule has 2 aliphatic carbocycles. The van der Waals surface area contributed by atoms with Crippen LogP contribution in [-0.2, 0) is 19.3 Å². The number of methoxy groups -OCH3 is 1. The summed E-state index contributed by atoms with van der Waals surface area (Å²) < 4.78 is 39.2. The van der Waals surface area contributed by atoms with Crippen molar-refractivity contribution in [1.29, 1.82) is 0 Å². The van der Waals surface area contributed by atoms with Crippen molar-refractivity contribution in [3.8, 4) is 0 Å². The van der Waals surface area contributed by atoms with Crippen molar-refractivity contribution < 1.29 is 17.9 Å². The Morgan fingerprint density at radius 1 is 1.07 bits per heavy atom. The summed E-state index contributed by atoms with van der Waals surface area (Å²) in [6.07, 6.45) is 5.05. The minimum Gasteiger partial charge on any atom is -0.384 e. The topological polar surface area (TPSA) is 52.6 Å². The second-order valence-corrected chi connectivity index (χ2v) is 12.2. The van der Waals surface area contributed by atoms with Gasteiger partial charge in [0.25, 0.3) is 0 Å². The largest absolute Gasteiger partial charge is 0.384 e. The van der Waals surface area contributed by atoms with Crippen LogP contribution in [0.2, 0.25) is 0 Å². The summed E-state index contributed by atoms with van der Waals surface area (Å²) in [6.45, 7) is 5.47. The first-order chi connectivity index (χ1) is 14.4. The molecule has 2 heterocycles. The molecule has 5 rings (SSSR count). The third-order valence-corrected chi connectivity index (χ3v) is 10.6. The van der Waals surface area contributed by atoms with Crippen LogP contribution in [0.4, 0.5) is 0 Å². The summed E-state index contributed by atoms with van der Waals surface area (Å²) in [5, 5.41) is -0.373. The van der Waals surface area contributed by atoms with Gasteiger partial charge in [-0.05, 0) is 85.0 Å². The van der Waals surface area contributed by atoms with Gasteiger partial charge in [-0.3, -0.25) is 0 Å². The molecular weight excluding hydrogens is 396 g/mol. The Bertz CT molecular complexity index is 920. The summed E-state index contributed by atoms with van der Waals surface area (Å²) in [6, 6.07) is 9.00. The molecule has 0 unspecified atom stereocenters. The lowest BCUT2D eigenvalue weighted by molar-refractivity contribution is 0.0153. The third-order valence-electron chi connectivity index (χ3n) is 8.38. The monoisotopic (exact) mass is 430 g/mol. The summed E-state index contributed by atoms with van der Waals surface area (Å²) in [5.41, 5.74) is 2.51. The van der Waals surface area contributed by atoms with Crippen LogP contribution in [-0.4, -0.2) is 39.6 Å². The Balaban J connectivity index is 1.51. The van der Waals surface area contributed by atoms with Crippen LogP contribution in [0.25, 0.3) is 0 Å². The lowest BCUT2D eigenvalue weighted by atomic mass is 9.61. The molecule has 7 atom stereocenters. The first-order valence-corrected chi connectivity index (χ1v) is 13.1. The number of rotatable bonds is 5. The highest BCUT2D eigenvalue weighted by Gasteiger charge is 2.58. The van der Waals surface area contributed by atoms with E-state index in [2.05, 4.69) is 13.8 Å². The van der Waals surface area contributed by atoms with Crippen LogP contribution < -0.4 is 0 Å². The molecule has 164 valence electrons. The zero-order valence-corrected chi connectivity index (χ0v) is 19.1. The highest BCUT2D eigenvalue weighted by molar-refractivity contribution is 7.92. The van der Waals surface area contributed by atoms with E-state index in [9.17, 15) is 8.42 Å². The number of sulfone groups is 1. The summed E-state index contributed by atoms with van der Waals surface area (Å²) in [7, 11) is -1.55. The molecule has 1 aromatic rings. The molecule has 0 aromatic heterocycles. The fraction of sp³-hybridized carbons (Fsp3) is 0.680. The summed E-state index contributed by atoms with van der Waals surface area (Å²) in [5.74, 6) is 2.79. The average molecular weight is 431 g/mol. The van der Waals surface area contributed by atoms with Crippen molar-refractivity contribution in [2.24, 2.45) is 29.6 Å². The van der Waals surface area contributed by atoms with E-state index in [0.717, 1.165) is 19.4 Å². The maximum atomic E-state index is 13.5. The van der Waals surface area contributed by atoms with Gasteiger partial charge in [-0.2, -0.15) is 0 Å². The molecule has 0 amide bonds. The van der Waals surface area contributed by atoms with E-state index < -0.39 is 9.84 Å². The molecule has 1 aromatic carbocycles. The van der Waals surface area contributed by atoms with Gasteiger partial charge in [-0.25, -0.2) is 8.42 Å². The Hall–Kier alpha value is -1.17. The molecule has 0 N–H and O–H groups in total. The Labute approximate surface area is 181 Å². The minimum atomic E-state index is -3.35. The minimum absolute atomic E-state index is 0.117. The van der Waals surface area contributed by atoms with Gasteiger partial charge in [0.15, 0.2) is 9.84 Å². The highest BCUT2D eigenvalue weighted by Crippen LogP contribution is 2.59. The van der Waals surface area contributed by atoms with Crippen LogP contribution in [0.3, 0.4) is 0 Å². The summed E-state index contributed by atoms with van der Waals surface area (Å²) >= 11 is 0. The lowest BCUT2D eigenvalue weighted by Gasteiger charge is -2.42. The second-order valence-electron chi connectivity index (χ2n) is 10.1. The summed E-state index contributed by atoms with van der Waals surface area (Å²) in [4.78, 5) is 0.456. The van der Waals surface area contributed by atoms with E-state index in [1.165, 1.54) is 24.0 Å². The van der Waals surface area contributed by atoms with Crippen molar-refractivity contribution >= 4 is 9.84 Å². The van der Waals surface area contributed by atoms with Crippen LogP contribution in [0.1, 0.15) is 46.0 Å². The smallest absolute Gasteiger partial charge is 0.185 e. The van der Waals surface area contributed by atoms with Gasteiger partial charge >= 0.3 is 0 Å². The van der Waals surface area contributed by atoms with E-state index >= 15 is 0 Å². The molecule has 4 nitrogen and oxygen atoms in total. The van der Waals surface area contributed by atoms with Crippen LogP contribution in [0, 0.1) is 29.6 Å². The molecule has 2 aliphatic heterocycles. The zero-order chi connectivity index (χ0) is 21.0. The molecule has 2 bridgehead atoms. The van der Waals surface area contributed by atoms with Crippen LogP contribution in [0.15, 0.2) is 46.4 Å². The van der Waals surface area contributed by atoms with Crippen molar-refractivity contribution in [2.75, 3.05) is 13.7 Å². The number of hydrogen-bond donors (Lipinski definition) is 0. The fourth-order valence-corrected chi connectivity index (χ4v) is 9.09. The molecule has 2 fully saturated rings. The highest BCUT2D eigenvalue weighted by atomic mass is 32.2. The van der Waals surface area contributed by atoms with E-state index in [0.29, 0.717) is 40.9 Å². The molecule has 1 saturated heterocycles. The quantitative estimate of drug-likeness (QED) is 0.638. The number of fused-ring (bicyclic) bond motifs is 6. The molecule has 4 aliphatic rings. The second kappa shape index (κ2) is 7.75. The van der Waals surface area contributed by atoms with E-state index in [-0.39, 0.29) is 17.5 Å². The first-order valence-electron chi connectivity index (χ1n) is 11.6. The van der Waals surface area contributed by atoms with Crippen molar-refractivity contribution in [2.45, 2.75) is 68.3 Å². The zero-order valence-electron chi connectivity index (χ0n) is 18.3. The molecular formula is C25H34O4S. The van der Waals surface area contributed by atoms with Crippen molar-refractivity contribution in [3.05, 3.63) is 41.5 Å². The van der Waals surface area contributed by atoms with Gasteiger partial charge in [0.2, 0.25) is 0 Å². The predicted octanol–water partition coefficient (Wildman–Crippen LogP) is 4.65. The van der Waals surface area contributed by atoms with Crippen LogP contribution >= 0.6 is 0 Å². The first kappa shape index (κ1) is 20.7. The molecule has 0 spiro atoms. The lowest BCUT2D eigenvalue weighted by Crippen LogP contribution is -2.42. The van der Waals surface area contributed by atoms with E-state index in [4.69, 9.17) is 9.47 Å². The van der Waals surface area contributed by atoms with Crippen molar-refractivity contribution in [3.63, 3.8) is 0 Å². The molecule has 0 radical (unpaired) electrons. The molecule has 30 heavy (non-hydrogen) atoms. The van der Waals surface area contributed by atoms with E-state index in [1.807, 2.05) is 18.2 Å². The average Bonchev–Trinajstić information content (AvgIpc) is 3.30. The Morgan fingerprint density at radius 3 is 2.53 bits per heavy atom. The van der Waals surface area contributed by atoms with Gasteiger partial charge in [-0.1, -0.05) is 32.0 Å². The van der Waals surface area contributed by atoms with Gasteiger partial charge in [0, 0.05) is 13.7 Å². The molecule has 5 heteroatoms. The van der Waals surface area contributed by atoms with Crippen LogP contribution in [0.5, 0.6) is 0 Å². The number of benzene rings is 1. The van der Waals surface area contributed by atoms with Gasteiger partial charge in [0.1, 0.15) is 0 Å². The number of hydrogen-bond acceptors (Lipinski definition) is 4. The van der Waals surface area contributed by atoms with E-state index in [1.54, 1.807) is 19.2 Å². The standard InChI is InChI=1S/C25H34O4S/c1-15(2)18-10-9-16(14-28-3)23-21-13-20-19(25(29-21)24(18)23)11-12-22(20)30(26,27)17-7-5-4-6-8-17/h4-8,15-16,18,21-25H,9-14H2,1-3H3/t16-,18-,21-,22-,23-,24-,25+/m1/s1. The van der Waals surface area contributed by atoms with Gasteiger partial charge in [-0.15, -0.1) is 0 Å². The third kappa shape index (κ3) is 3.11. The fourth-order valence-electron chi connectivity index (χ4n) is 7.17. The Morgan fingerprint density at radius 2 is 1.83 bits per heavy atom. The SMILES string of the molecule is COC[C@H]1CC[C@H](C(C)C)[C@@H]2[C@H]1[C@H]1CC3=C(CC[C@H]3S(=O)(=O)c3ccccc3)[C@@H]2O1. The van der Waals surface area contributed by atoms with Crippen molar-refractivity contribution in [1.82, 2.24) is 0 Å². The normalized spacial score (nSPS) is 38.1. The predicted molar refractivity (Wildman–Crippen MR) is 117 cm³/mol.